The molecule has 5 aromatic rings. The zero-order valence-corrected chi connectivity index (χ0v) is 19.1. The zero-order chi connectivity index (χ0) is 23.7. The predicted octanol–water partition coefficient (Wildman–Crippen LogP) is 5.55. The highest BCUT2D eigenvalue weighted by molar-refractivity contribution is 6.16. The number of aromatic nitrogens is 3. The monoisotopic (exact) mass is 456 g/mol. The third kappa shape index (κ3) is 3.94. The van der Waals surface area contributed by atoms with Crippen LogP contribution < -0.4 is 14.8 Å². The normalized spacial score (nSPS) is 11.1. The highest BCUT2D eigenvalue weighted by Gasteiger charge is 2.19. The van der Waals surface area contributed by atoms with E-state index < -0.39 is 0 Å². The van der Waals surface area contributed by atoms with Crippen molar-refractivity contribution >= 4 is 33.4 Å². The topological polar surface area (TPSA) is 102 Å². The van der Waals surface area contributed by atoms with Gasteiger partial charge in [0.05, 0.1) is 28.9 Å². The summed E-state index contributed by atoms with van der Waals surface area (Å²) in [5.41, 5.74) is 2.97. The van der Waals surface area contributed by atoms with Gasteiger partial charge in [0.25, 0.3) is 5.91 Å². The van der Waals surface area contributed by atoms with E-state index in [-0.39, 0.29) is 5.91 Å². The first-order valence-corrected chi connectivity index (χ1v) is 11.0. The van der Waals surface area contributed by atoms with E-state index in [9.17, 15) is 4.79 Å². The number of H-pyrrole nitrogens is 1. The Labute approximate surface area is 195 Å². The van der Waals surface area contributed by atoms with Crippen molar-refractivity contribution in [2.75, 3.05) is 11.9 Å². The minimum atomic E-state index is -0.296. The van der Waals surface area contributed by atoms with Crippen LogP contribution in [0.2, 0.25) is 0 Å². The Balaban J connectivity index is 1.45. The molecule has 5 rings (SSSR count). The summed E-state index contributed by atoms with van der Waals surface area (Å²) in [5.74, 6) is 2.02. The molecule has 2 heterocycles. The summed E-state index contributed by atoms with van der Waals surface area (Å²) >= 11 is 0. The maximum atomic E-state index is 13.4. The number of ether oxygens (including phenoxy) is 2. The molecular weight excluding hydrogens is 432 g/mol. The number of hydrogen-bond donors (Lipinski definition) is 2. The van der Waals surface area contributed by atoms with E-state index in [4.69, 9.17) is 14.0 Å². The van der Waals surface area contributed by atoms with Gasteiger partial charge < -0.3 is 19.3 Å². The Kier molecular flexibility index (Phi) is 5.63. The molecule has 0 unspecified atom stereocenters. The van der Waals surface area contributed by atoms with Gasteiger partial charge in [0, 0.05) is 5.39 Å². The number of aryl methyl sites for hydroxylation is 2. The van der Waals surface area contributed by atoms with E-state index in [2.05, 4.69) is 20.7 Å². The lowest BCUT2D eigenvalue weighted by Crippen LogP contribution is -2.15. The average molecular weight is 457 g/mol. The molecule has 0 saturated carbocycles. The van der Waals surface area contributed by atoms with Gasteiger partial charge in [-0.3, -0.25) is 9.89 Å². The summed E-state index contributed by atoms with van der Waals surface area (Å²) in [6.45, 7) is 6.42. The van der Waals surface area contributed by atoms with E-state index in [1.807, 2.05) is 75.4 Å². The van der Waals surface area contributed by atoms with Gasteiger partial charge in [0.15, 0.2) is 5.82 Å². The number of anilines is 1. The lowest BCUT2D eigenvalue weighted by atomic mass is 10.0. The molecule has 2 N–H and O–H groups in total. The van der Waals surface area contributed by atoms with Crippen LogP contribution in [0.3, 0.4) is 0 Å². The second kappa shape index (κ2) is 8.90. The SMILES string of the molecule is CCOc1ccc2ccccc2c1C(=O)Nc1n[nH]c2ccc(OCc3c(C)noc3C)cc12. The molecule has 0 aliphatic carbocycles. The average Bonchev–Trinajstić information content (AvgIpc) is 3.39. The van der Waals surface area contributed by atoms with Crippen LogP contribution >= 0.6 is 0 Å². The molecule has 0 aliphatic heterocycles. The molecule has 34 heavy (non-hydrogen) atoms. The molecular formula is C26H24N4O4. The molecule has 8 heteroatoms. The van der Waals surface area contributed by atoms with E-state index in [0.29, 0.717) is 36.1 Å². The van der Waals surface area contributed by atoms with Crippen molar-refractivity contribution in [2.45, 2.75) is 27.4 Å². The third-order valence-electron chi connectivity index (χ3n) is 5.75. The predicted molar refractivity (Wildman–Crippen MR) is 129 cm³/mol. The van der Waals surface area contributed by atoms with Crippen LogP contribution in [0.5, 0.6) is 11.5 Å². The van der Waals surface area contributed by atoms with Crippen molar-refractivity contribution in [3.05, 3.63) is 77.2 Å². The van der Waals surface area contributed by atoms with E-state index in [1.165, 1.54) is 0 Å². The molecule has 172 valence electrons. The molecule has 3 aromatic carbocycles. The summed E-state index contributed by atoms with van der Waals surface area (Å²) in [6.07, 6.45) is 0. The van der Waals surface area contributed by atoms with Crippen LogP contribution in [0.15, 0.2) is 59.1 Å². The molecule has 0 saturated heterocycles. The van der Waals surface area contributed by atoms with Crippen molar-refractivity contribution in [1.29, 1.82) is 0 Å². The molecule has 0 atom stereocenters. The summed E-state index contributed by atoms with van der Waals surface area (Å²) in [5, 5.41) is 16.7. The smallest absolute Gasteiger partial charge is 0.261 e. The van der Waals surface area contributed by atoms with E-state index in [0.717, 1.165) is 38.7 Å². The van der Waals surface area contributed by atoms with Crippen molar-refractivity contribution in [3.8, 4) is 11.5 Å². The lowest BCUT2D eigenvalue weighted by Gasteiger charge is -2.13. The Bertz CT molecular complexity index is 1480. The molecule has 0 radical (unpaired) electrons. The van der Waals surface area contributed by atoms with Gasteiger partial charge in [-0.05, 0) is 55.8 Å². The largest absolute Gasteiger partial charge is 0.493 e. The summed E-state index contributed by atoms with van der Waals surface area (Å²) in [4.78, 5) is 13.4. The van der Waals surface area contributed by atoms with Crippen molar-refractivity contribution in [2.24, 2.45) is 0 Å². The van der Waals surface area contributed by atoms with Gasteiger partial charge in [-0.1, -0.05) is 35.5 Å². The summed E-state index contributed by atoms with van der Waals surface area (Å²) < 4.78 is 16.9. The van der Waals surface area contributed by atoms with Gasteiger partial charge in [0.1, 0.15) is 23.9 Å². The van der Waals surface area contributed by atoms with Gasteiger partial charge >= 0.3 is 0 Å². The van der Waals surface area contributed by atoms with E-state index >= 15 is 0 Å². The van der Waals surface area contributed by atoms with Crippen molar-refractivity contribution in [1.82, 2.24) is 15.4 Å². The number of rotatable bonds is 7. The molecule has 0 fully saturated rings. The van der Waals surface area contributed by atoms with Gasteiger partial charge in [-0.25, -0.2) is 0 Å². The van der Waals surface area contributed by atoms with Crippen molar-refractivity contribution < 1.29 is 18.8 Å². The van der Waals surface area contributed by atoms with Crippen LogP contribution in [-0.2, 0) is 6.61 Å². The molecule has 1 amide bonds. The summed E-state index contributed by atoms with van der Waals surface area (Å²) in [6, 6.07) is 17.1. The maximum Gasteiger partial charge on any atom is 0.261 e. The Morgan fingerprint density at radius 1 is 1.06 bits per heavy atom. The van der Waals surface area contributed by atoms with Crippen molar-refractivity contribution in [3.63, 3.8) is 0 Å². The number of nitrogens with zero attached hydrogens (tertiary/aromatic N) is 2. The fraction of sp³-hybridized carbons (Fsp3) is 0.192. The molecule has 8 nitrogen and oxygen atoms in total. The highest BCUT2D eigenvalue weighted by atomic mass is 16.5. The summed E-state index contributed by atoms with van der Waals surface area (Å²) in [7, 11) is 0. The standard InChI is InChI=1S/C26H24N4O4/c1-4-32-23-12-9-17-7-5-6-8-19(17)24(23)26(31)27-25-20-13-18(10-11-22(20)28-29-25)33-14-21-15(2)30-34-16(21)3/h5-13H,4,14H2,1-3H3,(H2,27,28,29,31). The maximum absolute atomic E-state index is 13.4. The van der Waals surface area contributed by atoms with Gasteiger partial charge in [-0.15, -0.1) is 0 Å². The number of carbonyl (C=O) groups excluding carboxylic acids is 1. The van der Waals surface area contributed by atoms with Crippen LogP contribution in [0.25, 0.3) is 21.7 Å². The van der Waals surface area contributed by atoms with Crippen LogP contribution in [0, 0.1) is 13.8 Å². The van der Waals surface area contributed by atoms with Crippen LogP contribution in [0.1, 0.15) is 34.3 Å². The minimum absolute atomic E-state index is 0.296. The number of benzene rings is 3. The first kappa shape index (κ1) is 21.5. The zero-order valence-electron chi connectivity index (χ0n) is 19.1. The number of hydrogen-bond acceptors (Lipinski definition) is 6. The fourth-order valence-electron chi connectivity index (χ4n) is 3.97. The fourth-order valence-corrected chi connectivity index (χ4v) is 3.97. The third-order valence-corrected chi connectivity index (χ3v) is 5.75. The Hall–Kier alpha value is -4.33. The Morgan fingerprint density at radius 2 is 1.91 bits per heavy atom. The second-order valence-corrected chi connectivity index (χ2v) is 7.92. The highest BCUT2D eigenvalue weighted by Crippen LogP contribution is 2.31. The molecule has 2 aromatic heterocycles. The number of aromatic amines is 1. The number of nitrogens with one attached hydrogen (secondary N) is 2. The molecule has 0 bridgehead atoms. The molecule has 0 spiro atoms. The minimum Gasteiger partial charge on any atom is -0.493 e. The first-order chi connectivity index (χ1) is 16.5. The Morgan fingerprint density at radius 3 is 2.71 bits per heavy atom. The van der Waals surface area contributed by atoms with Gasteiger partial charge in [-0.2, -0.15) is 5.10 Å². The molecule has 0 aliphatic rings. The van der Waals surface area contributed by atoms with Crippen LogP contribution in [0.4, 0.5) is 5.82 Å². The second-order valence-electron chi connectivity index (χ2n) is 7.92. The quantitative estimate of drug-likeness (QED) is 0.333. The number of fused-ring (bicyclic) bond motifs is 2. The van der Waals surface area contributed by atoms with Crippen LogP contribution in [-0.4, -0.2) is 27.9 Å². The number of carbonyl (C=O) groups is 1. The van der Waals surface area contributed by atoms with E-state index in [1.54, 1.807) is 0 Å². The lowest BCUT2D eigenvalue weighted by molar-refractivity contribution is 0.102. The van der Waals surface area contributed by atoms with Gasteiger partial charge in [0.2, 0.25) is 0 Å². The number of amides is 1. The first-order valence-electron chi connectivity index (χ1n) is 11.0.